The number of hydrogen-bond acceptors (Lipinski definition) is 9. The van der Waals surface area contributed by atoms with E-state index in [0.29, 0.717) is 22.6 Å². The van der Waals surface area contributed by atoms with Gasteiger partial charge in [0.2, 0.25) is 0 Å². The monoisotopic (exact) mass is 514 g/mol. The second kappa shape index (κ2) is 14.0. The van der Waals surface area contributed by atoms with Gasteiger partial charge in [-0.1, -0.05) is 27.7 Å². The Labute approximate surface area is 217 Å². The maximum absolute atomic E-state index is 12.3. The van der Waals surface area contributed by atoms with Crippen LogP contribution in [0.15, 0.2) is 48.5 Å². The lowest BCUT2D eigenvalue weighted by molar-refractivity contribution is -0.150. The standard InChI is InChI=1S/C28H34O9/c1-17(2)25(29)33-15-19(5)35-27(31)21-7-11-23(12-8-21)37-24-13-9-22(10-14-24)28(32)36-20(6)16-34-26(30)18(3)4/h7-14,17-20H,15-16H2,1-6H3. The Kier molecular flexibility index (Phi) is 11.1. The highest BCUT2D eigenvalue weighted by Crippen LogP contribution is 2.23. The van der Waals surface area contributed by atoms with E-state index >= 15 is 0 Å². The number of hydrogen-bond donors (Lipinski definition) is 0. The molecule has 0 aliphatic rings. The molecular formula is C28H34O9. The van der Waals surface area contributed by atoms with Crippen LogP contribution < -0.4 is 4.74 Å². The number of ether oxygens (including phenoxy) is 5. The summed E-state index contributed by atoms with van der Waals surface area (Å²) in [4.78, 5) is 47.7. The second-order valence-electron chi connectivity index (χ2n) is 9.15. The molecule has 0 amide bonds. The molecule has 0 N–H and O–H groups in total. The SMILES string of the molecule is CC(COC(=O)C(C)C)OC(=O)c1ccc(Oc2ccc(C(=O)OC(C)COC(=O)C(C)C)cc2)cc1. The van der Waals surface area contributed by atoms with Crippen molar-refractivity contribution in [1.29, 1.82) is 0 Å². The number of esters is 4. The van der Waals surface area contributed by atoms with Gasteiger partial charge in [0.25, 0.3) is 0 Å². The zero-order valence-corrected chi connectivity index (χ0v) is 22.0. The summed E-state index contributed by atoms with van der Waals surface area (Å²) in [5.41, 5.74) is 0.640. The van der Waals surface area contributed by atoms with Gasteiger partial charge in [-0.05, 0) is 62.4 Å². The first kappa shape index (κ1) is 29.4. The summed E-state index contributed by atoms with van der Waals surface area (Å²) in [6.07, 6.45) is -1.18. The summed E-state index contributed by atoms with van der Waals surface area (Å²) in [7, 11) is 0. The van der Waals surface area contributed by atoms with Crippen molar-refractivity contribution in [2.75, 3.05) is 13.2 Å². The molecule has 0 saturated carbocycles. The molecule has 0 heterocycles. The summed E-state index contributed by atoms with van der Waals surface area (Å²) in [6.45, 7) is 10.2. The lowest BCUT2D eigenvalue weighted by Crippen LogP contribution is -2.24. The van der Waals surface area contributed by atoms with Gasteiger partial charge in [-0.25, -0.2) is 9.59 Å². The lowest BCUT2D eigenvalue weighted by Gasteiger charge is -2.15. The van der Waals surface area contributed by atoms with Crippen molar-refractivity contribution in [3.05, 3.63) is 59.7 Å². The average molecular weight is 515 g/mol. The highest BCUT2D eigenvalue weighted by Gasteiger charge is 2.17. The zero-order chi connectivity index (χ0) is 27.5. The van der Waals surface area contributed by atoms with Crippen LogP contribution in [0.25, 0.3) is 0 Å². The summed E-state index contributed by atoms with van der Waals surface area (Å²) in [5, 5.41) is 0. The van der Waals surface area contributed by atoms with Gasteiger partial charge in [-0.3, -0.25) is 9.59 Å². The molecule has 0 aliphatic carbocycles. The molecule has 0 aromatic heterocycles. The molecule has 2 atom stereocenters. The Hall–Kier alpha value is -3.88. The molecule has 0 aliphatic heterocycles. The predicted molar refractivity (Wildman–Crippen MR) is 134 cm³/mol. The topological polar surface area (TPSA) is 114 Å². The molecular weight excluding hydrogens is 480 g/mol. The normalized spacial score (nSPS) is 12.4. The predicted octanol–water partition coefficient (Wildman–Crippen LogP) is 4.97. The first-order chi connectivity index (χ1) is 17.5. The van der Waals surface area contributed by atoms with E-state index in [9.17, 15) is 19.2 Å². The first-order valence-corrected chi connectivity index (χ1v) is 12.1. The minimum Gasteiger partial charge on any atom is -0.462 e. The van der Waals surface area contributed by atoms with Crippen molar-refractivity contribution in [2.24, 2.45) is 11.8 Å². The van der Waals surface area contributed by atoms with E-state index in [1.54, 1.807) is 90.1 Å². The van der Waals surface area contributed by atoms with E-state index in [1.807, 2.05) is 0 Å². The van der Waals surface area contributed by atoms with Gasteiger partial charge < -0.3 is 23.7 Å². The van der Waals surface area contributed by atoms with Gasteiger partial charge in [-0.2, -0.15) is 0 Å². The van der Waals surface area contributed by atoms with Gasteiger partial charge in [-0.15, -0.1) is 0 Å². The highest BCUT2D eigenvalue weighted by atomic mass is 16.6. The van der Waals surface area contributed by atoms with Gasteiger partial charge in [0.1, 0.15) is 36.9 Å². The molecule has 0 spiro atoms. The van der Waals surface area contributed by atoms with Crippen LogP contribution in [0.4, 0.5) is 0 Å². The Morgan fingerprint density at radius 3 is 1.19 bits per heavy atom. The molecule has 2 unspecified atom stereocenters. The third-order valence-electron chi connectivity index (χ3n) is 4.90. The molecule has 0 saturated heterocycles. The molecule has 0 fully saturated rings. The smallest absolute Gasteiger partial charge is 0.338 e. The van der Waals surface area contributed by atoms with Crippen LogP contribution >= 0.6 is 0 Å². The van der Waals surface area contributed by atoms with Crippen molar-refractivity contribution < 1.29 is 42.9 Å². The minimum absolute atomic E-state index is 0.0159. The maximum Gasteiger partial charge on any atom is 0.338 e. The Morgan fingerprint density at radius 2 is 0.892 bits per heavy atom. The van der Waals surface area contributed by atoms with Crippen LogP contribution in [0.2, 0.25) is 0 Å². The average Bonchev–Trinajstić information content (AvgIpc) is 2.86. The molecule has 200 valence electrons. The van der Waals surface area contributed by atoms with Crippen molar-refractivity contribution in [2.45, 2.75) is 53.8 Å². The van der Waals surface area contributed by atoms with Crippen LogP contribution in [0.3, 0.4) is 0 Å². The summed E-state index contributed by atoms with van der Waals surface area (Å²) in [5.74, 6) is -1.35. The molecule has 0 radical (unpaired) electrons. The van der Waals surface area contributed by atoms with Crippen molar-refractivity contribution in [3.8, 4) is 11.5 Å². The van der Waals surface area contributed by atoms with Crippen LogP contribution in [0.1, 0.15) is 62.3 Å². The number of rotatable bonds is 12. The van der Waals surface area contributed by atoms with Crippen LogP contribution in [-0.2, 0) is 28.5 Å². The van der Waals surface area contributed by atoms with E-state index in [4.69, 9.17) is 23.7 Å². The van der Waals surface area contributed by atoms with Crippen LogP contribution in [0, 0.1) is 11.8 Å². The number of benzene rings is 2. The molecule has 2 rings (SSSR count). The molecule has 9 heteroatoms. The van der Waals surface area contributed by atoms with Crippen molar-refractivity contribution in [1.82, 2.24) is 0 Å². The van der Waals surface area contributed by atoms with Gasteiger partial charge in [0.15, 0.2) is 0 Å². The van der Waals surface area contributed by atoms with Crippen molar-refractivity contribution in [3.63, 3.8) is 0 Å². The van der Waals surface area contributed by atoms with E-state index in [-0.39, 0.29) is 37.0 Å². The fraction of sp³-hybridized carbons (Fsp3) is 0.429. The Balaban J connectivity index is 1.84. The van der Waals surface area contributed by atoms with Gasteiger partial charge >= 0.3 is 23.9 Å². The Bertz CT molecular complexity index is 971. The van der Waals surface area contributed by atoms with E-state index in [1.165, 1.54) is 0 Å². The maximum atomic E-state index is 12.3. The highest BCUT2D eigenvalue weighted by molar-refractivity contribution is 5.90. The van der Waals surface area contributed by atoms with Crippen LogP contribution in [-0.4, -0.2) is 49.3 Å². The summed E-state index contributed by atoms with van der Waals surface area (Å²) < 4.78 is 26.5. The molecule has 37 heavy (non-hydrogen) atoms. The molecule has 0 bridgehead atoms. The largest absolute Gasteiger partial charge is 0.462 e. The quantitative estimate of drug-likeness (QED) is 0.286. The summed E-state index contributed by atoms with van der Waals surface area (Å²) >= 11 is 0. The lowest BCUT2D eigenvalue weighted by atomic mass is 10.2. The van der Waals surface area contributed by atoms with Gasteiger partial charge in [0.05, 0.1) is 23.0 Å². The Morgan fingerprint density at radius 1 is 0.568 bits per heavy atom. The third-order valence-corrected chi connectivity index (χ3v) is 4.90. The second-order valence-corrected chi connectivity index (χ2v) is 9.15. The zero-order valence-electron chi connectivity index (χ0n) is 22.0. The van der Waals surface area contributed by atoms with Gasteiger partial charge in [0, 0.05) is 0 Å². The van der Waals surface area contributed by atoms with Crippen molar-refractivity contribution >= 4 is 23.9 Å². The van der Waals surface area contributed by atoms with Crippen LogP contribution in [0.5, 0.6) is 11.5 Å². The fourth-order valence-electron chi connectivity index (χ4n) is 2.76. The summed E-state index contributed by atoms with van der Waals surface area (Å²) in [6, 6.07) is 12.7. The minimum atomic E-state index is -0.589. The van der Waals surface area contributed by atoms with E-state index in [2.05, 4.69) is 0 Å². The third kappa shape index (κ3) is 9.95. The van der Waals surface area contributed by atoms with E-state index in [0.717, 1.165) is 0 Å². The fourth-order valence-corrected chi connectivity index (χ4v) is 2.76. The molecule has 2 aromatic carbocycles. The molecule has 9 nitrogen and oxygen atoms in total. The first-order valence-electron chi connectivity index (χ1n) is 12.1. The van der Waals surface area contributed by atoms with E-state index < -0.39 is 24.1 Å². The molecule has 2 aromatic rings. The number of carbonyl (C=O) groups is 4. The number of carbonyl (C=O) groups excluding carboxylic acids is 4.